The molecule has 19 heavy (non-hydrogen) atoms. The standard InChI is InChI=1S/C9H16O10/c10-1-2(11)3(12)6-4(13)5(14)7(15)9(18,19-6)8(16)17/h2-7,10-15,18H,1H2,(H,16,17)/t2?,3?,4-,5-,6+,7+,9?/m1/s1. The van der Waals surface area contributed by atoms with E-state index in [-0.39, 0.29) is 0 Å². The molecule has 10 nitrogen and oxygen atoms in total. The van der Waals surface area contributed by atoms with E-state index in [2.05, 4.69) is 4.74 Å². The highest BCUT2D eigenvalue weighted by Gasteiger charge is 2.59. The summed E-state index contributed by atoms with van der Waals surface area (Å²) in [6.45, 7) is -0.933. The minimum atomic E-state index is -3.26. The number of carboxylic acid groups (broad SMARTS) is 1. The lowest BCUT2D eigenvalue weighted by atomic mass is 9.89. The summed E-state index contributed by atoms with van der Waals surface area (Å²) in [4.78, 5) is 10.8. The summed E-state index contributed by atoms with van der Waals surface area (Å²) in [5, 5.41) is 74.1. The zero-order valence-electron chi connectivity index (χ0n) is 9.57. The van der Waals surface area contributed by atoms with Crippen LogP contribution in [0.25, 0.3) is 0 Å². The van der Waals surface area contributed by atoms with Crippen molar-refractivity contribution in [2.45, 2.75) is 42.4 Å². The van der Waals surface area contributed by atoms with Crippen molar-refractivity contribution in [2.75, 3.05) is 6.61 Å². The normalized spacial score (nSPS) is 42.7. The highest BCUT2D eigenvalue weighted by Crippen LogP contribution is 2.30. The Morgan fingerprint density at radius 3 is 2.16 bits per heavy atom. The zero-order valence-corrected chi connectivity index (χ0v) is 9.57. The average molecular weight is 284 g/mol. The third-order valence-corrected chi connectivity index (χ3v) is 2.95. The smallest absolute Gasteiger partial charge is 0.367 e. The molecule has 0 spiro atoms. The van der Waals surface area contributed by atoms with E-state index in [9.17, 15) is 35.4 Å². The highest BCUT2D eigenvalue weighted by atomic mass is 16.7. The van der Waals surface area contributed by atoms with Gasteiger partial charge in [0.05, 0.1) is 6.61 Å². The van der Waals surface area contributed by atoms with E-state index in [1.54, 1.807) is 0 Å². The van der Waals surface area contributed by atoms with Crippen molar-refractivity contribution in [1.29, 1.82) is 0 Å². The molecule has 0 saturated carbocycles. The lowest BCUT2D eigenvalue weighted by molar-refractivity contribution is -0.349. The van der Waals surface area contributed by atoms with Gasteiger partial charge in [-0.2, -0.15) is 0 Å². The van der Waals surface area contributed by atoms with Gasteiger partial charge in [0, 0.05) is 0 Å². The van der Waals surface area contributed by atoms with Crippen LogP contribution in [0.2, 0.25) is 0 Å². The first-order valence-electron chi connectivity index (χ1n) is 5.31. The number of hydrogen-bond acceptors (Lipinski definition) is 9. The summed E-state index contributed by atoms with van der Waals surface area (Å²) in [6.07, 6.45) is -12.2. The number of hydrogen-bond donors (Lipinski definition) is 8. The molecule has 0 radical (unpaired) electrons. The van der Waals surface area contributed by atoms with Crippen LogP contribution in [0.1, 0.15) is 0 Å². The Morgan fingerprint density at radius 1 is 1.21 bits per heavy atom. The Kier molecular flexibility index (Phi) is 4.81. The van der Waals surface area contributed by atoms with Gasteiger partial charge in [-0.15, -0.1) is 0 Å². The van der Waals surface area contributed by atoms with Crippen molar-refractivity contribution >= 4 is 5.97 Å². The summed E-state index contributed by atoms with van der Waals surface area (Å²) >= 11 is 0. The fourth-order valence-corrected chi connectivity index (χ4v) is 1.74. The lowest BCUT2D eigenvalue weighted by Gasteiger charge is -2.45. The predicted octanol–water partition coefficient (Wildman–Crippen LogP) is -5.04. The monoisotopic (exact) mass is 284 g/mol. The van der Waals surface area contributed by atoms with Crippen molar-refractivity contribution in [1.82, 2.24) is 0 Å². The third-order valence-electron chi connectivity index (χ3n) is 2.95. The van der Waals surface area contributed by atoms with E-state index in [4.69, 9.17) is 10.2 Å². The SMILES string of the molecule is O=C(O)C1(O)O[C@@H](C(O)C(O)CO)[C@H](O)[C@@H](O)[C@@H]1O. The van der Waals surface area contributed by atoms with Crippen LogP contribution in [-0.2, 0) is 9.53 Å². The van der Waals surface area contributed by atoms with Crippen LogP contribution >= 0.6 is 0 Å². The van der Waals surface area contributed by atoms with E-state index in [1.165, 1.54) is 0 Å². The van der Waals surface area contributed by atoms with E-state index in [0.717, 1.165) is 0 Å². The lowest BCUT2D eigenvalue weighted by Crippen LogP contribution is -2.70. The number of aliphatic hydroxyl groups is 7. The second-order valence-corrected chi connectivity index (χ2v) is 4.25. The molecule has 3 unspecified atom stereocenters. The first kappa shape index (κ1) is 16.2. The van der Waals surface area contributed by atoms with Crippen molar-refractivity contribution in [3.63, 3.8) is 0 Å². The van der Waals surface area contributed by atoms with Crippen LogP contribution in [0.15, 0.2) is 0 Å². The van der Waals surface area contributed by atoms with Gasteiger partial charge in [-0.25, -0.2) is 4.79 Å². The molecule has 0 aromatic carbocycles. The van der Waals surface area contributed by atoms with E-state index < -0.39 is 55.0 Å². The molecule has 0 aromatic rings. The van der Waals surface area contributed by atoms with Crippen LogP contribution in [0.3, 0.4) is 0 Å². The van der Waals surface area contributed by atoms with Gasteiger partial charge in [-0.1, -0.05) is 0 Å². The number of carbonyl (C=O) groups is 1. The Labute approximate surface area is 106 Å². The van der Waals surface area contributed by atoms with Gasteiger partial charge in [0.15, 0.2) is 0 Å². The van der Waals surface area contributed by atoms with Crippen LogP contribution in [0, 0.1) is 0 Å². The maximum absolute atomic E-state index is 10.8. The van der Waals surface area contributed by atoms with Gasteiger partial charge >= 0.3 is 5.97 Å². The fraction of sp³-hybridized carbons (Fsp3) is 0.889. The molecule has 8 N–H and O–H groups in total. The van der Waals surface area contributed by atoms with Gasteiger partial charge in [0.2, 0.25) is 0 Å². The molecule has 0 bridgehead atoms. The molecule has 7 atom stereocenters. The molecule has 1 heterocycles. The summed E-state index contributed by atoms with van der Waals surface area (Å²) in [7, 11) is 0. The first-order chi connectivity index (χ1) is 8.66. The molecule has 1 aliphatic heterocycles. The Morgan fingerprint density at radius 2 is 1.74 bits per heavy atom. The van der Waals surface area contributed by atoms with Gasteiger partial charge in [0.1, 0.15) is 36.6 Å². The summed E-state index contributed by atoms with van der Waals surface area (Å²) in [6, 6.07) is 0. The topological polar surface area (TPSA) is 188 Å². The van der Waals surface area contributed by atoms with Crippen molar-refractivity contribution < 1.29 is 50.4 Å². The van der Waals surface area contributed by atoms with Crippen LogP contribution in [-0.4, -0.2) is 95.8 Å². The second-order valence-electron chi connectivity index (χ2n) is 4.25. The fourth-order valence-electron chi connectivity index (χ4n) is 1.74. The number of rotatable bonds is 4. The number of carboxylic acids is 1. The summed E-state index contributed by atoms with van der Waals surface area (Å²) in [5.74, 6) is -5.32. The van der Waals surface area contributed by atoms with Gasteiger partial charge < -0.3 is 45.6 Å². The quantitative estimate of drug-likeness (QED) is 0.248. The Balaban J connectivity index is 3.04. The number of ether oxygens (including phenoxy) is 1. The maximum atomic E-state index is 10.8. The summed E-state index contributed by atoms with van der Waals surface area (Å²) in [5.41, 5.74) is 0. The minimum absolute atomic E-state index is 0.933. The molecule has 1 saturated heterocycles. The molecule has 0 amide bonds. The largest absolute Gasteiger partial charge is 0.477 e. The number of aliphatic carboxylic acids is 1. The highest BCUT2D eigenvalue weighted by molar-refractivity contribution is 5.76. The van der Waals surface area contributed by atoms with Gasteiger partial charge in [0.25, 0.3) is 5.79 Å². The van der Waals surface area contributed by atoms with Gasteiger partial charge in [-0.05, 0) is 0 Å². The third kappa shape index (κ3) is 2.70. The summed E-state index contributed by atoms with van der Waals surface area (Å²) < 4.78 is 4.49. The molecule has 1 fully saturated rings. The molecular formula is C9H16O10. The van der Waals surface area contributed by atoms with Crippen LogP contribution < -0.4 is 0 Å². The van der Waals surface area contributed by atoms with Crippen LogP contribution in [0.5, 0.6) is 0 Å². The van der Waals surface area contributed by atoms with Crippen molar-refractivity contribution in [3.8, 4) is 0 Å². The molecular weight excluding hydrogens is 268 g/mol. The van der Waals surface area contributed by atoms with E-state index in [1.807, 2.05) is 0 Å². The molecule has 0 aromatic heterocycles. The maximum Gasteiger partial charge on any atom is 0.367 e. The average Bonchev–Trinajstić information content (AvgIpc) is 2.38. The second kappa shape index (κ2) is 5.64. The predicted molar refractivity (Wildman–Crippen MR) is 54.6 cm³/mol. The van der Waals surface area contributed by atoms with Crippen molar-refractivity contribution in [3.05, 3.63) is 0 Å². The molecule has 10 heteroatoms. The molecule has 112 valence electrons. The van der Waals surface area contributed by atoms with Crippen LogP contribution in [0.4, 0.5) is 0 Å². The molecule has 0 aliphatic carbocycles. The van der Waals surface area contributed by atoms with Crippen molar-refractivity contribution in [2.24, 2.45) is 0 Å². The molecule has 1 aliphatic rings. The zero-order chi connectivity index (χ0) is 15.0. The Hall–Kier alpha value is -0.850. The van der Waals surface area contributed by atoms with E-state index >= 15 is 0 Å². The Bertz CT molecular complexity index is 331. The van der Waals surface area contributed by atoms with Gasteiger partial charge in [-0.3, -0.25) is 0 Å². The molecule has 1 rings (SSSR count). The van der Waals surface area contributed by atoms with E-state index in [0.29, 0.717) is 0 Å². The first-order valence-corrected chi connectivity index (χ1v) is 5.31. The number of aliphatic hydroxyl groups excluding tert-OH is 6. The minimum Gasteiger partial charge on any atom is -0.477 e.